The van der Waals surface area contributed by atoms with Crippen molar-refractivity contribution in [1.82, 2.24) is 0 Å². The number of carbonyl (C=O) groups is 2. The van der Waals surface area contributed by atoms with E-state index in [1.807, 2.05) is 6.08 Å². The van der Waals surface area contributed by atoms with E-state index in [-0.39, 0.29) is 25.2 Å². The average molecular weight is 970 g/mol. The normalized spacial score (nSPS) is 13.1. The second kappa shape index (κ2) is 59.6. The molecule has 5 nitrogen and oxygen atoms in total. The van der Waals surface area contributed by atoms with Crippen molar-refractivity contribution in [3.8, 4) is 0 Å². The molecule has 0 rings (SSSR count). The van der Waals surface area contributed by atoms with Crippen LogP contribution in [0, 0.1) is 0 Å². The number of rotatable bonds is 52. The molecule has 5 heteroatoms. The predicted molar refractivity (Wildman–Crippen MR) is 306 cm³/mol. The topological polar surface area (TPSA) is 61.8 Å². The molecule has 0 saturated carbocycles. The van der Waals surface area contributed by atoms with Crippen molar-refractivity contribution in [2.45, 2.75) is 258 Å². The largest absolute Gasteiger partial charge is 0.462 e. The molecule has 0 aliphatic rings. The Morgan fingerprint density at radius 2 is 0.671 bits per heavy atom. The van der Waals surface area contributed by atoms with Crippen molar-refractivity contribution in [2.75, 3.05) is 19.8 Å². The highest BCUT2D eigenvalue weighted by Crippen LogP contribution is 2.14. The quantitative estimate of drug-likeness (QED) is 0.0345. The van der Waals surface area contributed by atoms with Gasteiger partial charge in [0.15, 0.2) is 6.10 Å². The lowest BCUT2D eigenvalue weighted by atomic mass is 10.1. The molecule has 70 heavy (non-hydrogen) atoms. The minimum Gasteiger partial charge on any atom is -0.462 e. The number of unbranched alkanes of at least 4 members (excludes halogenated alkanes) is 21. The van der Waals surface area contributed by atoms with Crippen molar-refractivity contribution in [3.05, 3.63) is 122 Å². The Morgan fingerprint density at radius 3 is 1.10 bits per heavy atom. The summed E-state index contributed by atoms with van der Waals surface area (Å²) in [7, 11) is 0. The second-order valence-corrected chi connectivity index (χ2v) is 18.8. The summed E-state index contributed by atoms with van der Waals surface area (Å²) in [5.41, 5.74) is 0. The van der Waals surface area contributed by atoms with Gasteiger partial charge in [-0.3, -0.25) is 9.59 Å². The van der Waals surface area contributed by atoms with E-state index in [0.717, 1.165) is 89.9 Å². The van der Waals surface area contributed by atoms with Crippen LogP contribution in [0.3, 0.4) is 0 Å². The van der Waals surface area contributed by atoms with Crippen LogP contribution in [-0.2, 0) is 23.8 Å². The number of esters is 2. The lowest BCUT2D eigenvalue weighted by Crippen LogP contribution is -2.30. The molecule has 0 radical (unpaired) electrons. The molecule has 398 valence electrons. The van der Waals surface area contributed by atoms with Gasteiger partial charge in [-0.2, -0.15) is 0 Å². The first-order valence-electron chi connectivity index (χ1n) is 29.1. The second-order valence-electron chi connectivity index (χ2n) is 18.8. The molecule has 0 aliphatic heterocycles. The van der Waals surface area contributed by atoms with Crippen LogP contribution in [0.4, 0.5) is 0 Å². The zero-order chi connectivity index (χ0) is 50.6. The third-order valence-corrected chi connectivity index (χ3v) is 12.0. The molecule has 0 bridgehead atoms. The Labute approximate surface area is 433 Å². The molecule has 0 fully saturated rings. The first-order valence-corrected chi connectivity index (χ1v) is 29.1. The third kappa shape index (κ3) is 56.9. The van der Waals surface area contributed by atoms with Crippen LogP contribution in [0.25, 0.3) is 0 Å². The van der Waals surface area contributed by atoms with Gasteiger partial charge < -0.3 is 14.2 Å². The number of allylic oxidation sites excluding steroid dienone is 20. The van der Waals surface area contributed by atoms with Crippen LogP contribution in [0.5, 0.6) is 0 Å². The predicted octanol–water partition coefficient (Wildman–Crippen LogP) is 20.1. The summed E-state index contributed by atoms with van der Waals surface area (Å²) >= 11 is 0. The van der Waals surface area contributed by atoms with E-state index < -0.39 is 6.10 Å². The molecule has 0 aromatic rings. The van der Waals surface area contributed by atoms with Crippen LogP contribution < -0.4 is 0 Å². The summed E-state index contributed by atoms with van der Waals surface area (Å²) in [6.45, 7) is 7.51. The highest BCUT2D eigenvalue weighted by Gasteiger charge is 2.17. The van der Waals surface area contributed by atoms with Gasteiger partial charge in [0.1, 0.15) is 6.61 Å². The smallest absolute Gasteiger partial charge is 0.306 e. The van der Waals surface area contributed by atoms with Crippen molar-refractivity contribution in [1.29, 1.82) is 0 Å². The van der Waals surface area contributed by atoms with Crippen molar-refractivity contribution in [2.24, 2.45) is 0 Å². The molecule has 0 saturated heterocycles. The Kier molecular flexibility index (Phi) is 56.5. The van der Waals surface area contributed by atoms with Crippen LogP contribution in [0.15, 0.2) is 122 Å². The van der Waals surface area contributed by atoms with Crippen LogP contribution >= 0.6 is 0 Å². The third-order valence-electron chi connectivity index (χ3n) is 12.0. The summed E-state index contributed by atoms with van der Waals surface area (Å²) in [4.78, 5) is 25.5. The van der Waals surface area contributed by atoms with Crippen molar-refractivity contribution in [3.63, 3.8) is 0 Å². The average Bonchev–Trinajstić information content (AvgIpc) is 3.36. The van der Waals surface area contributed by atoms with E-state index in [0.29, 0.717) is 25.9 Å². The molecule has 0 N–H and O–H groups in total. The van der Waals surface area contributed by atoms with E-state index in [9.17, 15) is 9.59 Å². The molecule has 0 heterocycles. The summed E-state index contributed by atoms with van der Waals surface area (Å²) in [5, 5.41) is 0. The zero-order valence-electron chi connectivity index (χ0n) is 45.7. The minimum atomic E-state index is -0.582. The number of hydrogen-bond acceptors (Lipinski definition) is 5. The first-order chi connectivity index (χ1) is 34.6. The minimum absolute atomic E-state index is 0.0341. The fraction of sp³-hybridized carbons (Fsp3) is 0.662. The molecule has 1 unspecified atom stereocenters. The highest BCUT2D eigenvalue weighted by atomic mass is 16.6. The summed E-state index contributed by atoms with van der Waals surface area (Å²) < 4.78 is 17.4. The number of ether oxygens (including phenoxy) is 3. The Bertz CT molecular complexity index is 1420. The standard InChI is InChI=1S/C65H108O5/c1-4-7-10-13-16-19-22-25-28-31-33-35-37-40-43-46-49-52-55-58-64(66)69-62-63(61-68-60-57-54-51-48-45-42-39-36-32-29-26-23-20-17-14-11-8-5-2)70-65(67)59-56-53-50-47-44-41-38-34-30-27-24-21-18-15-12-9-6-3/h7-8,10-11,16-17,19-20,25-30,33,35,40,43,49,52,63H,4-6,9,12-15,18,21-24,31-32,34,36-39,41-42,44-48,50-51,53-62H2,1-3H3/b10-7-,11-8-,19-16-,20-17-,28-25-,29-26-,30-27-,35-33-,43-40-,52-49-. The molecular formula is C65H108O5. The van der Waals surface area contributed by atoms with E-state index in [2.05, 4.69) is 136 Å². The molecule has 0 spiro atoms. The Balaban J connectivity index is 4.43. The maximum Gasteiger partial charge on any atom is 0.306 e. The molecule has 0 aromatic heterocycles. The molecule has 0 aromatic carbocycles. The van der Waals surface area contributed by atoms with Gasteiger partial charge in [-0.1, -0.05) is 245 Å². The lowest BCUT2D eigenvalue weighted by molar-refractivity contribution is -0.162. The van der Waals surface area contributed by atoms with Crippen molar-refractivity contribution >= 4 is 11.9 Å². The first kappa shape index (κ1) is 66.3. The summed E-state index contributed by atoms with van der Waals surface area (Å²) in [5.74, 6) is -0.505. The van der Waals surface area contributed by atoms with Gasteiger partial charge >= 0.3 is 11.9 Å². The van der Waals surface area contributed by atoms with Crippen LogP contribution in [0.1, 0.15) is 252 Å². The van der Waals surface area contributed by atoms with Crippen molar-refractivity contribution < 1.29 is 23.8 Å². The van der Waals surface area contributed by atoms with Crippen LogP contribution in [0.2, 0.25) is 0 Å². The molecule has 1 atom stereocenters. The van der Waals surface area contributed by atoms with Gasteiger partial charge in [-0.05, 0) is 116 Å². The van der Waals surface area contributed by atoms with E-state index >= 15 is 0 Å². The summed E-state index contributed by atoms with van der Waals surface area (Å²) in [6, 6.07) is 0. The van der Waals surface area contributed by atoms with Gasteiger partial charge in [-0.15, -0.1) is 0 Å². The number of carbonyl (C=O) groups excluding carboxylic acids is 2. The molecule has 0 aliphatic carbocycles. The van der Waals surface area contributed by atoms with Crippen LogP contribution in [-0.4, -0.2) is 37.9 Å². The summed E-state index contributed by atoms with van der Waals surface area (Å²) in [6.07, 6.45) is 83.7. The van der Waals surface area contributed by atoms with E-state index in [1.54, 1.807) is 0 Å². The molecular weight excluding hydrogens is 861 g/mol. The van der Waals surface area contributed by atoms with Gasteiger partial charge in [0.2, 0.25) is 0 Å². The van der Waals surface area contributed by atoms with E-state index in [1.165, 1.54) is 122 Å². The maximum absolute atomic E-state index is 12.9. The highest BCUT2D eigenvalue weighted by molar-refractivity contribution is 5.70. The monoisotopic (exact) mass is 969 g/mol. The number of hydrogen-bond donors (Lipinski definition) is 0. The molecule has 0 amide bonds. The SMILES string of the molecule is CC/C=C\C/C=C\C/C=C\C/C=C\C/C=C\C/C=C\CCC(=O)OCC(COCCCCCCCCCC/C=C\C/C=C\C/C=C\CC)OC(=O)CCCCCCCCC/C=C\CCCCCCCC. The Hall–Kier alpha value is -3.70. The zero-order valence-corrected chi connectivity index (χ0v) is 45.7. The van der Waals surface area contributed by atoms with Gasteiger partial charge in [0.25, 0.3) is 0 Å². The van der Waals surface area contributed by atoms with Gasteiger partial charge in [0, 0.05) is 19.4 Å². The maximum atomic E-state index is 12.9. The van der Waals surface area contributed by atoms with E-state index in [4.69, 9.17) is 14.2 Å². The Morgan fingerprint density at radius 1 is 0.329 bits per heavy atom. The van der Waals surface area contributed by atoms with Gasteiger partial charge in [-0.25, -0.2) is 0 Å². The lowest BCUT2D eigenvalue weighted by Gasteiger charge is -2.18. The fourth-order valence-electron chi connectivity index (χ4n) is 7.72. The van der Waals surface area contributed by atoms with Gasteiger partial charge in [0.05, 0.1) is 6.61 Å². The fourth-order valence-corrected chi connectivity index (χ4v) is 7.72.